The second-order valence-electron chi connectivity index (χ2n) is 5.68. The summed E-state index contributed by atoms with van der Waals surface area (Å²) in [6.45, 7) is 7.18. The highest BCUT2D eigenvalue weighted by molar-refractivity contribution is 5.22. The van der Waals surface area contributed by atoms with Crippen LogP contribution in [0.25, 0.3) is 0 Å². The molecule has 3 rings (SSSR count). The van der Waals surface area contributed by atoms with Crippen molar-refractivity contribution in [1.29, 1.82) is 0 Å². The van der Waals surface area contributed by atoms with Gasteiger partial charge in [0.2, 0.25) is 0 Å². The van der Waals surface area contributed by atoms with E-state index in [-0.39, 0.29) is 0 Å². The Morgan fingerprint density at radius 1 is 1.30 bits per heavy atom. The number of nitrogens with zero attached hydrogens (tertiary/aromatic N) is 4. The third-order valence-electron chi connectivity index (χ3n) is 3.69. The van der Waals surface area contributed by atoms with Gasteiger partial charge in [0, 0.05) is 44.1 Å². The first-order valence-electron chi connectivity index (χ1n) is 7.18. The van der Waals surface area contributed by atoms with Crippen LogP contribution in [0, 0.1) is 0 Å². The van der Waals surface area contributed by atoms with Crippen molar-refractivity contribution in [3.8, 4) is 0 Å². The van der Waals surface area contributed by atoms with E-state index in [1.807, 2.05) is 24.7 Å². The quantitative estimate of drug-likeness (QED) is 0.858. The topological polar surface area (TPSA) is 41.9 Å². The van der Waals surface area contributed by atoms with Crippen LogP contribution in [-0.4, -0.2) is 26.4 Å². The molecule has 0 aliphatic carbocycles. The molecule has 1 aliphatic heterocycles. The molecule has 104 valence electrons. The van der Waals surface area contributed by atoms with E-state index in [0.29, 0.717) is 5.92 Å². The minimum Gasteiger partial charge on any atom is -0.293 e. The Morgan fingerprint density at radius 3 is 2.95 bits per heavy atom. The van der Waals surface area contributed by atoms with Crippen molar-refractivity contribution >= 4 is 0 Å². The summed E-state index contributed by atoms with van der Waals surface area (Å²) in [5.41, 5.74) is 3.75. The van der Waals surface area contributed by atoms with Gasteiger partial charge in [-0.05, 0) is 23.6 Å². The largest absolute Gasteiger partial charge is 0.293 e. The molecule has 0 saturated carbocycles. The van der Waals surface area contributed by atoms with Crippen molar-refractivity contribution in [2.24, 2.45) is 0 Å². The third-order valence-corrected chi connectivity index (χ3v) is 3.69. The lowest BCUT2D eigenvalue weighted by atomic mass is 10.1. The first kappa shape index (κ1) is 13.2. The summed E-state index contributed by atoms with van der Waals surface area (Å²) in [5, 5.41) is 0. The Kier molecular flexibility index (Phi) is 3.74. The van der Waals surface area contributed by atoms with Crippen molar-refractivity contribution in [2.45, 2.75) is 39.3 Å². The molecule has 0 bridgehead atoms. The molecule has 4 nitrogen and oxygen atoms in total. The summed E-state index contributed by atoms with van der Waals surface area (Å²) in [6, 6.07) is 4.12. The fourth-order valence-corrected chi connectivity index (χ4v) is 2.54. The molecule has 3 heterocycles. The zero-order valence-corrected chi connectivity index (χ0v) is 12.1. The van der Waals surface area contributed by atoms with Crippen LogP contribution in [0.2, 0.25) is 0 Å². The van der Waals surface area contributed by atoms with Gasteiger partial charge in [0.15, 0.2) is 0 Å². The number of pyridine rings is 1. The second kappa shape index (κ2) is 5.67. The minimum atomic E-state index is 0.383. The van der Waals surface area contributed by atoms with Gasteiger partial charge in [-0.3, -0.25) is 9.88 Å². The molecule has 0 unspecified atom stereocenters. The van der Waals surface area contributed by atoms with Gasteiger partial charge in [-0.15, -0.1) is 0 Å². The smallest absolute Gasteiger partial charge is 0.131 e. The van der Waals surface area contributed by atoms with Gasteiger partial charge in [-0.25, -0.2) is 9.97 Å². The Hall–Kier alpha value is -1.81. The molecule has 0 atom stereocenters. The number of aromatic nitrogens is 3. The normalized spacial score (nSPS) is 15.3. The maximum Gasteiger partial charge on any atom is 0.131 e. The monoisotopic (exact) mass is 268 g/mol. The lowest BCUT2D eigenvalue weighted by Crippen LogP contribution is -2.31. The molecule has 0 radical (unpaired) electrons. The summed E-state index contributed by atoms with van der Waals surface area (Å²) in [4.78, 5) is 15.8. The molecule has 0 amide bonds. The van der Waals surface area contributed by atoms with Crippen LogP contribution < -0.4 is 0 Å². The molecule has 0 N–H and O–H groups in total. The molecule has 4 heteroatoms. The van der Waals surface area contributed by atoms with Crippen LogP contribution >= 0.6 is 0 Å². The first-order valence-corrected chi connectivity index (χ1v) is 7.18. The molecule has 0 fully saturated rings. The maximum absolute atomic E-state index is 4.74. The van der Waals surface area contributed by atoms with Gasteiger partial charge < -0.3 is 0 Å². The number of fused-ring (bicyclic) bond motifs is 1. The van der Waals surface area contributed by atoms with Crippen molar-refractivity contribution < 1.29 is 0 Å². The molecule has 2 aromatic heterocycles. The van der Waals surface area contributed by atoms with Gasteiger partial charge in [0.05, 0.1) is 5.69 Å². The Bertz CT molecular complexity index is 580. The van der Waals surface area contributed by atoms with Crippen molar-refractivity contribution in [2.75, 3.05) is 6.54 Å². The third kappa shape index (κ3) is 2.85. The first-order chi connectivity index (χ1) is 9.72. The number of rotatable bonds is 3. The second-order valence-corrected chi connectivity index (χ2v) is 5.68. The van der Waals surface area contributed by atoms with E-state index < -0.39 is 0 Å². The van der Waals surface area contributed by atoms with Gasteiger partial charge in [-0.1, -0.05) is 19.9 Å². The fraction of sp³-hybridized carbons (Fsp3) is 0.438. The molecular formula is C16H20N4. The molecule has 0 saturated heterocycles. The Balaban J connectivity index is 1.75. The van der Waals surface area contributed by atoms with Gasteiger partial charge in [0.25, 0.3) is 0 Å². The highest BCUT2D eigenvalue weighted by Crippen LogP contribution is 2.20. The molecule has 2 aromatic rings. The van der Waals surface area contributed by atoms with E-state index in [9.17, 15) is 0 Å². The molecule has 0 spiro atoms. The SMILES string of the molecule is CC(C)c1ncc2c(n1)CN(Cc1cccnc1)CC2. The van der Waals surface area contributed by atoms with E-state index >= 15 is 0 Å². The number of hydrogen-bond acceptors (Lipinski definition) is 4. The van der Waals surface area contributed by atoms with Crippen molar-refractivity contribution in [1.82, 2.24) is 19.9 Å². The van der Waals surface area contributed by atoms with Crippen LogP contribution in [0.4, 0.5) is 0 Å². The van der Waals surface area contributed by atoms with Crippen LogP contribution in [0.1, 0.15) is 42.4 Å². The summed E-state index contributed by atoms with van der Waals surface area (Å²) in [7, 11) is 0. The van der Waals surface area contributed by atoms with Crippen LogP contribution in [0.15, 0.2) is 30.7 Å². The van der Waals surface area contributed by atoms with Crippen LogP contribution in [0.3, 0.4) is 0 Å². The van der Waals surface area contributed by atoms with Gasteiger partial charge in [0.1, 0.15) is 5.82 Å². The van der Waals surface area contributed by atoms with E-state index in [2.05, 4.69) is 34.8 Å². The number of hydrogen-bond donors (Lipinski definition) is 0. The maximum atomic E-state index is 4.74. The highest BCUT2D eigenvalue weighted by Gasteiger charge is 2.19. The molecule has 0 aromatic carbocycles. The van der Waals surface area contributed by atoms with Gasteiger partial charge >= 0.3 is 0 Å². The van der Waals surface area contributed by atoms with Crippen molar-refractivity contribution in [3.05, 3.63) is 53.4 Å². The average Bonchev–Trinajstić information content (AvgIpc) is 2.47. The van der Waals surface area contributed by atoms with Crippen LogP contribution in [0.5, 0.6) is 0 Å². The zero-order valence-electron chi connectivity index (χ0n) is 12.1. The zero-order chi connectivity index (χ0) is 13.9. The van der Waals surface area contributed by atoms with E-state index in [4.69, 9.17) is 4.98 Å². The predicted molar refractivity (Wildman–Crippen MR) is 78.2 cm³/mol. The van der Waals surface area contributed by atoms with E-state index in [1.165, 1.54) is 16.8 Å². The summed E-state index contributed by atoms with van der Waals surface area (Å²) in [6.07, 6.45) is 6.80. The van der Waals surface area contributed by atoms with E-state index in [1.54, 1.807) is 0 Å². The molecular weight excluding hydrogens is 248 g/mol. The fourth-order valence-electron chi connectivity index (χ4n) is 2.54. The average molecular weight is 268 g/mol. The van der Waals surface area contributed by atoms with E-state index in [0.717, 1.165) is 31.9 Å². The predicted octanol–water partition coefficient (Wildman–Crippen LogP) is 2.55. The summed E-state index contributed by atoms with van der Waals surface area (Å²) in [5.74, 6) is 1.33. The summed E-state index contributed by atoms with van der Waals surface area (Å²) >= 11 is 0. The Morgan fingerprint density at radius 2 is 2.20 bits per heavy atom. The highest BCUT2D eigenvalue weighted by atomic mass is 15.1. The van der Waals surface area contributed by atoms with Gasteiger partial charge in [-0.2, -0.15) is 0 Å². The lowest BCUT2D eigenvalue weighted by Gasteiger charge is -2.28. The standard InChI is InChI=1S/C16H20N4/c1-12(2)16-18-9-14-5-7-20(11-15(14)19-16)10-13-4-3-6-17-8-13/h3-4,6,8-9,12H,5,7,10-11H2,1-2H3. The van der Waals surface area contributed by atoms with Crippen LogP contribution in [-0.2, 0) is 19.5 Å². The Labute approximate surface area is 119 Å². The molecule has 1 aliphatic rings. The van der Waals surface area contributed by atoms with Crippen molar-refractivity contribution in [3.63, 3.8) is 0 Å². The summed E-state index contributed by atoms with van der Waals surface area (Å²) < 4.78 is 0. The lowest BCUT2D eigenvalue weighted by molar-refractivity contribution is 0.240. The minimum absolute atomic E-state index is 0.383. The molecule has 20 heavy (non-hydrogen) atoms.